The molecule has 0 radical (unpaired) electrons. The maximum atomic E-state index is 13.0. The van der Waals surface area contributed by atoms with Gasteiger partial charge in [0.15, 0.2) is 6.10 Å². The summed E-state index contributed by atoms with van der Waals surface area (Å²) in [6.45, 7) is 6.62. The van der Waals surface area contributed by atoms with Crippen molar-refractivity contribution >= 4 is 17.9 Å². The predicted octanol–water partition coefficient (Wildman–Crippen LogP) is 25.3. The second-order valence-corrected chi connectivity index (χ2v) is 24.8. The summed E-state index contributed by atoms with van der Waals surface area (Å²) in [4.78, 5) is 38.5. The molecule has 0 fully saturated rings. The van der Waals surface area contributed by atoms with Crippen LogP contribution in [-0.2, 0) is 28.6 Å². The molecule has 0 bridgehead atoms. The maximum Gasteiger partial charge on any atom is 0.306 e. The molecular weight excluding hydrogens is 1010 g/mol. The Morgan fingerprint density at radius 2 is 0.476 bits per heavy atom. The largest absolute Gasteiger partial charge is 0.462 e. The van der Waals surface area contributed by atoms with E-state index >= 15 is 0 Å². The third-order valence-electron chi connectivity index (χ3n) is 16.6. The number of allylic oxidation sites excluding steroid dienone is 8. The van der Waals surface area contributed by atoms with Crippen LogP contribution in [0.3, 0.4) is 0 Å². The van der Waals surface area contributed by atoms with E-state index in [0.717, 1.165) is 83.5 Å². The Labute approximate surface area is 511 Å². The lowest BCUT2D eigenvalue weighted by molar-refractivity contribution is -0.167. The van der Waals surface area contributed by atoms with E-state index in [1.54, 1.807) is 0 Å². The highest BCUT2D eigenvalue weighted by Crippen LogP contribution is 2.19. The summed E-state index contributed by atoms with van der Waals surface area (Å²) in [6.07, 6.45) is 90.0. The van der Waals surface area contributed by atoms with Gasteiger partial charge in [-0.2, -0.15) is 0 Å². The van der Waals surface area contributed by atoms with Crippen LogP contribution in [0.4, 0.5) is 0 Å². The minimum atomic E-state index is -0.772. The SMILES string of the molecule is CC/C=C\C/C=C\C/C=C\C/C=C\CCCCCCCCCCCCCCC(=O)OCC(COC(=O)CCCCCCCCCCCCCCCCCCCCC)OC(=O)CCCCCCCCCCCCCCCCCCCCCC. The molecule has 6 heteroatoms. The van der Waals surface area contributed by atoms with Gasteiger partial charge in [-0.15, -0.1) is 0 Å². The van der Waals surface area contributed by atoms with E-state index < -0.39 is 6.10 Å². The summed E-state index contributed by atoms with van der Waals surface area (Å²) in [7, 11) is 0. The second kappa shape index (κ2) is 70.9. The van der Waals surface area contributed by atoms with Gasteiger partial charge in [-0.05, 0) is 57.8 Å². The van der Waals surface area contributed by atoms with Gasteiger partial charge in [0.2, 0.25) is 0 Å². The first-order valence-corrected chi connectivity index (χ1v) is 36.6. The van der Waals surface area contributed by atoms with Gasteiger partial charge < -0.3 is 14.2 Å². The lowest BCUT2D eigenvalue weighted by Crippen LogP contribution is -2.30. The average molecular weight is 1150 g/mol. The zero-order valence-electron chi connectivity index (χ0n) is 55.3. The van der Waals surface area contributed by atoms with Crippen molar-refractivity contribution in [2.24, 2.45) is 0 Å². The Morgan fingerprint density at radius 3 is 0.744 bits per heavy atom. The number of hydrogen-bond donors (Lipinski definition) is 0. The summed E-state index contributed by atoms with van der Waals surface area (Å²) >= 11 is 0. The Hall–Kier alpha value is -2.63. The predicted molar refractivity (Wildman–Crippen MR) is 358 cm³/mol. The highest BCUT2D eigenvalue weighted by atomic mass is 16.6. The van der Waals surface area contributed by atoms with Crippen molar-refractivity contribution in [3.05, 3.63) is 48.6 Å². The topological polar surface area (TPSA) is 78.9 Å². The molecule has 0 aliphatic carbocycles. The minimum Gasteiger partial charge on any atom is -0.462 e. The van der Waals surface area contributed by atoms with Crippen LogP contribution in [0.2, 0.25) is 0 Å². The number of carbonyl (C=O) groups excluding carboxylic acids is 3. The van der Waals surface area contributed by atoms with Gasteiger partial charge in [-0.1, -0.05) is 371 Å². The van der Waals surface area contributed by atoms with Crippen LogP contribution < -0.4 is 0 Å². The van der Waals surface area contributed by atoms with Gasteiger partial charge in [-0.25, -0.2) is 0 Å². The highest BCUT2D eigenvalue weighted by Gasteiger charge is 2.19. The zero-order valence-corrected chi connectivity index (χ0v) is 55.3. The summed E-state index contributed by atoms with van der Waals surface area (Å²) in [5.74, 6) is -0.835. The normalized spacial score (nSPS) is 12.3. The fourth-order valence-corrected chi connectivity index (χ4v) is 11.1. The molecule has 0 aliphatic rings. The lowest BCUT2D eigenvalue weighted by atomic mass is 10.0. The Balaban J connectivity index is 4.30. The molecule has 0 saturated heterocycles. The first-order valence-electron chi connectivity index (χ1n) is 36.6. The van der Waals surface area contributed by atoms with E-state index in [1.807, 2.05) is 0 Å². The fraction of sp³-hybridized carbons (Fsp3) is 0.855. The molecule has 0 aromatic carbocycles. The van der Waals surface area contributed by atoms with Gasteiger partial charge in [0, 0.05) is 19.3 Å². The average Bonchev–Trinajstić information content (AvgIpc) is 3.47. The molecule has 0 aliphatic heterocycles. The van der Waals surface area contributed by atoms with Crippen molar-refractivity contribution in [3.63, 3.8) is 0 Å². The van der Waals surface area contributed by atoms with Crippen LogP contribution in [0, 0.1) is 0 Å². The number of unbranched alkanes of at least 4 members (excludes halogenated alkanes) is 49. The summed E-state index contributed by atoms with van der Waals surface area (Å²) in [5, 5.41) is 0. The van der Waals surface area contributed by atoms with Gasteiger partial charge in [0.05, 0.1) is 0 Å². The Morgan fingerprint density at radius 1 is 0.256 bits per heavy atom. The number of rotatable bonds is 68. The van der Waals surface area contributed by atoms with E-state index in [9.17, 15) is 14.4 Å². The fourth-order valence-electron chi connectivity index (χ4n) is 11.1. The summed E-state index contributed by atoms with van der Waals surface area (Å²) in [6, 6.07) is 0. The van der Waals surface area contributed by atoms with Crippen molar-refractivity contribution in [1.82, 2.24) is 0 Å². The van der Waals surface area contributed by atoms with Crippen LogP contribution in [0.1, 0.15) is 400 Å². The van der Waals surface area contributed by atoms with Crippen LogP contribution >= 0.6 is 0 Å². The van der Waals surface area contributed by atoms with Crippen LogP contribution in [0.5, 0.6) is 0 Å². The molecule has 0 rings (SSSR count). The number of esters is 3. The van der Waals surface area contributed by atoms with Crippen molar-refractivity contribution in [3.8, 4) is 0 Å². The molecule has 480 valence electrons. The number of hydrogen-bond acceptors (Lipinski definition) is 6. The zero-order chi connectivity index (χ0) is 59.2. The second-order valence-electron chi connectivity index (χ2n) is 24.8. The third-order valence-corrected chi connectivity index (χ3v) is 16.6. The molecular formula is C76H140O6. The monoisotopic (exact) mass is 1150 g/mol. The smallest absolute Gasteiger partial charge is 0.306 e. The van der Waals surface area contributed by atoms with Gasteiger partial charge in [0.25, 0.3) is 0 Å². The van der Waals surface area contributed by atoms with Crippen LogP contribution in [0.15, 0.2) is 48.6 Å². The molecule has 6 nitrogen and oxygen atoms in total. The minimum absolute atomic E-state index is 0.0666. The quantitative estimate of drug-likeness (QED) is 0.0261. The van der Waals surface area contributed by atoms with E-state index in [2.05, 4.69) is 69.4 Å². The third kappa shape index (κ3) is 68.2. The lowest BCUT2D eigenvalue weighted by Gasteiger charge is -2.18. The van der Waals surface area contributed by atoms with Crippen molar-refractivity contribution in [1.29, 1.82) is 0 Å². The Bertz CT molecular complexity index is 1410. The molecule has 0 saturated carbocycles. The number of ether oxygens (including phenoxy) is 3. The summed E-state index contributed by atoms with van der Waals surface area (Å²) < 4.78 is 17.0. The van der Waals surface area contributed by atoms with Crippen LogP contribution in [0.25, 0.3) is 0 Å². The first-order chi connectivity index (χ1) is 40.5. The molecule has 82 heavy (non-hydrogen) atoms. The first kappa shape index (κ1) is 79.4. The van der Waals surface area contributed by atoms with E-state index in [0.29, 0.717) is 19.3 Å². The van der Waals surface area contributed by atoms with E-state index in [-0.39, 0.29) is 31.1 Å². The van der Waals surface area contributed by atoms with E-state index in [1.165, 1.54) is 276 Å². The van der Waals surface area contributed by atoms with Gasteiger partial charge in [-0.3, -0.25) is 14.4 Å². The summed E-state index contributed by atoms with van der Waals surface area (Å²) in [5.41, 5.74) is 0. The standard InChI is InChI=1S/C76H140O6/c1-4-7-10-13-16-19-22-25-28-31-34-36-37-38-39-40-43-45-48-51-54-57-60-63-66-69-75(78)81-72-73(71-80-74(77)68-65-62-59-56-53-50-47-44-41-33-30-27-24-21-18-15-12-9-6-3)82-76(79)70-67-64-61-58-55-52-49-46-42-35-32-29-26-23-20-17-14-11-8-5-2/h7,10,16,19,25,28,34,36,73H,4-6,8-9,11-15,17-18,20-24,26-27,29-33,35,37-72H2,1-3H3/b10-7-,19-16-,28-25-,36-34-. The number of carbonyl (C=O) groups is 3. The molecule has 0 N–H and O–H groups in total. The molecule has 0 aromatic heterocycles. The molecule has 0 amide bonds. The molecule has 0 heterocycles. The van der Waals surface area contributed by atoms with Crippen molar-refractivity contribution < 1.29 is 28.6 Å². The highest BCUT2D eigenvalue weighted by molar-refractivity contribution is 5.71. The van der Waals surface area contributed by atoms with E-state index in [4.69, 9.17) is 14.2 Å². The molecule has 0 spiro atoms. The molecule has 1 atom stereocenters. The molecule has 1 unspecified atom stereocenters. The van der Waals surface area contributed by atoms with Crippen LogP contribution in [-0.4, -0.2) is 37.2 Å². The van der Waals surface area contributed by atoms with Crippen molar-refractivity contribution in [2.75, 3.05) is 13.2 Å². The van der Waals surface area contributed by atoms with Gasteiger partial charge in [0.1, 0.15) is 13.2 Å². The maximum absolute atomic E-state index is 13.0. The molecule has 0 aromatic rings. The van der Waals surface area contributed by atoms with Gasteiger partial charge >= 0.3 is 17.9 Å². The van der Waals surface area contributed by atoms with Crippen molar-refractivity contribution in [2.45, 2.75) is 406 Å². The Kier molecular flexibility index (Phi) is 68.6.